The van der Waals surface area contributed by atoms with Gasteiger partial charge >= 0.3 is 0 Å². The number of piperidine rings is 1. The van der Waals surface area contributed by atoms with Gasteiger partial charge in [0.05, 0.1) is 67.8 Å². The third-order valence-corrected chi connectivity index (χ3v) is 9.78. The first kappa shape index (κ1) is 34.4. The second kappa shape index (κ2) is 12.4. The summed E-state index contributed by atoms with van der Waals surface area (Å²) < 4.78 is 31.0. The van der Waals surface area contributed by atoms with E-state index in [0.29, 0.717) is 29.7 Å². The van der Waals surface area contributed by atoms with Gasteiger partial charge in [-0.05, 0) is 63.3 Å². The van der Waals surface area contributed by atoms with Crippen molar-refractivity contribution in [3.8, 4) is 5.75 Å². The number of aromatic nitrogens is 2. The van der Waals surface area contributed by atoms with Crippen LogP contribution in [0.25, 0.3) is 0 Å². The van der Waals surface area contributed by atoms with Crippen molar-refractivity contribution in [3.05, 3.63) is 52.7 Å². The van der Waals surface area contributed by atoms with Gasteiger partial charge in [0.1, 0.15) is 18.6 Å². The van der Waals surface area contributed by atoms with E-state index in [1.807, 2.05) is 26.8 Å². The highest BCUT2D eigenvalue weighted by atomic mass is 35.5. The lowest BCUT2D eigenvalue weighted by Gasteiger charge is -2.49. The number of para-hydroxylation sites is 1. The molecule has 0 amide bonds. The molecule has 2 heterocycles. The molecular weight excluding hydrogens is 587 g/mol. The number of hydrogen-bond acceptors (Lipinski definition) is 8. The van der Waals surface area contributed by atoms with Crippen molar-refractivity contribution in [2.45, 2.75) is 79.7 Å². The van der Waals surface area contributed by atoms with Crippen molar-refractivity contribution in [3.63, 3.8) is 0 Å². The molecule has 0 saturated carbocycles. The standard InChI is InChI=1S/C28H30B6ClN5O3S/c1-14(2)43-20-10-17(16-11-27(31,32)40-28(33,34)12-16)15(3)22(29)23(20)38-25-36-13-18(35)24(39-25)37-19-8-6-7-9-21(19)44(41,42)26(4,5)30/h6-10,13-14,16,40H,11-12H2,1-5H3,(H2,36,37,38,39). The van der Waals surface area contributed by atoms with E-state index in [-0.39, 0.29) is 39.4 Å². The smallest absolute Gasteiger partial charge is 0.229 e. The van der Waals surface area contributed by atoms with Crippen LogP contribution < -0.4 is 26.2 Å². The molecule has 44 heavy (non-hydrogen) atoms. The first-order chi connectivity index (χ1) is 20.2. The molecule has 216 valence electrons. The van der Waals surface area contributed by atoms with Crippen LogP contribution in [0.2, 0.25) is 5.02 Å². The number of sulfone groups is 1. The van der Waals surface area contributed by atoms with E-state index in [1.165, 1.54) is 26.1 Å². The summed E-state index contributed by atoms with van der Waals surface area (Å²) in [6.45, 7) is 8.47. The fourth-order valence-corrected chi connectivity index (χ4v) is 6.55. The van der Waals surface area contributed by atoms with Gasteiger partial charge in [-0.15, -0.1) is 0 Å². The fourth-order valence-electron chi connectivity index (χ4n) is 5.18. The third-order valence-electron chi connectivity index (χ3n) is 7.18. The second-order valence-corrected chi connectivity index (χ2v) is 15.0. The monoisotopic (exact) mass is 617 g/mol. The summed E-state index contributed by atoms with van der Waals surface area (Å²) in [7, 11) is 33.6. The Morgan fingerprint density at radius 2 is 1.73 bits per heavy atom. The lowest BCUT2D eigenvalue weighted by atomic mass is 9.46. The molecule has 3 N–H and O–H groups in total. The number of ether oxygens (including phenoxy) is 1. The van der Waals surface area contributed by atoms with Crippen LogP contribution in [0, 0.1) is 6.92 Å². The number of halogens is 1. The van der Waals surface area contributed by atoms with Crippen molar-refractivity contribution < 1.29 is 13.2 Å². The summed E-state index contributed by atoms with van der Waals surface area (Å²) in [6, 6.07) is 8.20. The molecule has 0 atom stereocenters. The SMILES string of the molecule is [B]c1c(C)c(C2CC([B])([B])NC([B])([B])C2)cc(OC(C)C)c1Nc1ncc(Cl)c(Nc2ccccc2S(=O)(=O)C([B])(C)C)n1. The molecule has 1 aliphatic heterocycles. The molecule has 1 aromatic heterocycles. The number of nitrogens with zero attached hydrogens (tertiary/aromatic N) is 2. The van der Waals surface area contributed by atoms with Crippen LogP contribution in [0.4, 0.5) is 23.1 Å². The highest BCUT2D eigenvalue weighted by Crippen LogP contribution is 2.40. The van der Waals surface area contributed by atoms with E-state index in [2.05, 4.69) is 25.9 Å². The molecule has 12 radical (unpaired) electrons. The summed E-state index contributed by atoms with van der Waals surface area (Å²) in [5, 5.41) is 6.60. The lowest BCUT2D eigenvalue weighted by Crippen LogP contribution is -2.64. The Morgan fingerprint density at radius 1 is 1.11 bits per heavy atom. The maximum Gasteiger partial charge on any atom is 0.229 e. The minimum atomic E-state index is -3.91. The van der Waals surface area contributed by atoms with Crippen LogP contribution in [0.15, 0.2) is 41.4 Å². The number of hydrogen-bond donors (Lipinski definition) is 3. The topological polar surface area (TPSA) is 105 Å². The molecule has 1 saturated heterocycles. The summed E-state index contributed by atoms with van der Waals surface area (Å²) >= 11 is 6.43. The van der Waals surface area contributed by atoms with Gasteiger partial charge in [0.25, 0.3) is 0 Å². The first-order valence-corrected chi connectivity index (χ1v) is 15.8. The Labute approximate surface area is 273 Å². The van der Waals surface area contributed by atoms with Crippen molar-refractivity contribution in [2.75, 3.05) is 10.6 Å². The van der Waals surface area contributed by atoms with Gasteiger partial charge < -0.3 is 20.7 Å². The van der Waals surface area contributed by atoms with E-state index < -0.39 is 25.2 Å². The van der Waals surface area contributed by atoms with Crippen molar-refractivity contribution >= 4 is 97.1 Å². The molecule has 1 aliphatic rings. The normalized spacial score (nSPS) is 16.9. The number of nitrogens with one attached hydrogen (secondary N) is 3. The minimum Gasteiger partial charge on any atom is -0.489 e. The van der Waals surface area contributed by atoms with Gasteiger partial charge in [0, 0.05) is 4.65 Å². The van der Waals surface area contributed by atoms with Gasteiger partial charge in [-0.25, -0.2) is 13.4 Å². The highest BCUT2D eigenvalue weighted by molar-refractivity contribution is 7.94. The van der Waals surface area contributed by atoms with Crippen LogP contribution >= 0.6 is 11.6 Å². The Kier molecular flexibility index (Phi) is 9.66. The van der Waals surface area contributed by atoms with E-state index in [4.69, 9.17) is 63.4 Å². The summed E-state index contributed by atoms with van der Waals surface area (Å²) in [4.78, 5) is 8.82. The Morgan fingerprint density at radius 3 is 2.32 bits per heavy atom. The number of benzene rings is 2. The molecule has 0 spiro atoms. The molecule has 2 aromatic carbocycles. The van der Waals surface area contributed by atoms with E-state index in [1.54, 1.807) is 18.2 Å². The molecular formula is C28H30B6ClN5O3S. The van der Waals surface area contributed by atoms with E-state index >= 15 is 0 Å². The predicted molar refractivity (Wildman–Crippen MR) is 183 cm³/mol. The largest absolute Gasteiger partial charge is 0.489 e. The first-order valence-electron chi connectivity index (χ1n) is 13.9. The Hall–Kier alpha value is -2.49. The maximum absolute atomic E-state index is 13.2. The number of rotatable bonds is 9. The molecule has 0 aliphatic carbocycles. The van der Waals surface area contributed by atoms with Crippen molar-refractivity contribution in [2.24, 2.45) is 0 Å². The fraction of sp³-hybridized carbons (Fsp3) is 0.429. The summed E-state index contributed by atoms with van der Waals surface area (Å²) in [6.07, 6.45) is 1.87. The molecule has 0 unspecified atom stereocenters. The van der Waals surface area contributed by atoms with Crippen LogP contribution in [0.3, 0.4) is 0 Å². The zero-order valence-electron chi connectivity index (χ0n) is 25.4. The Bertz CT molecular complexity index is 1650. The van der Waals surface area contributed by atoms with Crippen molar-refractivity contribution in [1.29, 1.82) is 0 Å². The molecule has 1 fully saturated rings. The van der Waals surface area contributed by atoms with Gasteiger partial charge in [0.15, 0.2) is 15.7 Å². The zero-order chi connectivity index (χ0) is 32.8. The average Bonchev–Trinajstić information content (AvgIpc) is 2.87. The molecule has 3 aromatic rings. The van der Waals surface area contributed by atoms with E-state index in [9.17, 15) is 8.42 Å². The molecule has 0 bridgehead atoms. The molecule has 8 nitrogen and oxygen atoms in total. The van der Waals surface area contributed by atoms with Crippen LogP contribution in [0.5, 0.6) is 5.75 Å². The second-order valence-electron chi connectivity index (χ2n) is 12.1. The zero-order valence-corrected chi connectivity index (χ0v) is 27.0. The Balaban J connectivity index is 1.73. The maximum atomic E-state index is 13.2. The molecule has 16 heteroatoms. The minimum absolute atomic E-state index is 0.00404. The van der Waals surface area contributed by atoms with Crippen LogP contribution in [-0.2, 0) is 9.84 Å². The van der Waals surface area contributed by atoms with Gasteiger partial charge in [-0.2, -0.15) is 4.98 Å². The average molecular weight is 617 g/mol. The van der Waals surface area contributed by atoms with Crippen molar-refractivity contribution in [1.82, 2.24) is 15.3 Å². The summed E-state index contributed by atoms with van der Waals surface area (Å²) in [5.41, 5.74) is 2.64. The van der Waals surface area contributed by atoms with E-state index in [0.717, 1.165) is 11.1 Å². The van der Waals surface area contributed by atoms with Gasteiger partial charge in [-0.3, -0.25) is 0 Å². The summed E-state index contributed by atoms with van der Waals surface area (Å²) in [5.74, 6) is 0.491. The lowest BCUT2D eigenvalue weighted by molar-refractivity contribution is 0.243. The van der Waals surface area contributed by atoms with Crippen LogP contribution in [0.1, 0.15) is 57.6 Å². The van der Waals surface area contributed by atoms with Gasteiger partial charge in [-0.1, -0.05) is 59.3 Å². The highest BCUT2D eigenvalue weighted by Gasteiger charge is 2.38. The van der Waals surface area contributed by atoms with Gasteiger partial charge in [0.2, 0.25) is 5.95 Å². The predicted octanol–water partition coefficient (Wildman–Crippen LogP) is 2.63. The van der Waals surface area contributed by atoms with Crippen LogP contribution in [-0.4, -0.2) is 86.9 Å². The quantitative estimate of drug-likeness (QED) is 0.315. The third kappa shape index (κ3) is 7.48. The molecule has 4 rings (SSSR count). The number of anilines is 4.